The summed E-state index contributed by atoms with van der Waals surface area (Å²) in [5, 5.41) is 0.990. The van der Waals surface area contributed by atoms with Gasteiger partial charge in [-0.25, -0.2) is 9.97 Å². The van der Waals surface area contributed by atoms with E-state index in [1.807, 2.05) is 6.07 Å². The molecule has 0 amide bonds. The van der Waals surface area contributed by atoms with E-state index < -0.39 is 0 Å². The molecule has 0 N–H and O–H groups in total. The van der Waals surface area contributed by atoms with Crippen LogP contribution in [0, 0.1) is 5.41 Å². The molecule has 0 aromatic carbocycles. The van der Waals surface area contributed by atoms with Gasteiger partial charge in [0.1, 0.15) is 6.33 Å². The Labute approximate surface area is 81.6 Å². The maximum Gasteiger partial charge on any atom is 0.115 e. The number of hydrogen-bond acceptors (Lipinski definition) is 2. The average molecular weight is 229 g/mol. The van der Waals surface area contributed by atoms with Gasteiger partial charge in [0.15, 0.2) is 0 Å². The molecular weight excluding hydrogens is 216 g/mol. The summed E-state index contributed by atoms with van der Waals surface area (Å²) in [6, 6.07) is 1.96. The van der Waals surface area contributed by atoms with Gasteiger partial charge in [-0.1, -0.05) is 29.8 Å². The molecule has 0 saturated carbocycles. The van der Waals surface area contributed by atoms with Crippen LogP contribution in [-0.4, -0.2) is 15.3 Å². The molecule has 0 radical (unpaired) electrons. The maximum atomic E-state index is 4.18. The third-order valence-electron chi connectivity index (χ3n) is 1.66. The van der Waals surface area contributed by atoms with Crippen LogP contribution in [0.1, 0.15) is 19.5 Å². The van der Waals surface area contributed by atoms with Crippen molar-refractivity contribution in [2.45, 2.75) is 20.3 Å². The predicted octanol–water partition coefficient (Wildman–Crippen LogP) is 2.44. The summed E-state index contributed by atoms with van der Waals surface area (Å²) in [4.78, 5) is 8.06. The largest absolute Gasteiger partial charge is 0.245 e. The highest BCUT2D eigenvalue weighted by atomic mass is 79.9. The topological polar surface area (TPSA) is 25.8 Å². The molecule has 0 bridgehead atoms. The van der Waals surface area contributed by atoms with Gasteiger partial charge in [-0.2, -0.15) is 0 Å². The van der Waals surface area contributed by atoms with Crippen molar-refractivity contribution in [1.82, 2.24) is 9.97 Å². The molecule has 2 nitrogen and oxygen atoms in total. The molecule has 0 atom stereocenters. The van der Waals surface area contributed by atoms with Crippen LogP contribution < -0.4 is 0 Å². The quantitative estimate of drug-likeness (QED) is 0.744. The second kappa shape index (κ2) is 3.99. The second-order valence-corrected chi connectivity index (χ2v) is 4.24. The van der Waals surface area contributed by atoms with Crippen molar-refractivity contribution < 1.29 is 0 Å². The molecule has 0 aliphatic carbocycles. The van der Waals surface area contributed by atoms with Crippen molar-refractivity contribution in [2.24, 2.45) is 5.41 Å². The van der Waals surface area contributed by atoms with Crippen molar-refractivity contribution in [3.05, 3.63) is 24.3 Å². The fourth-order valence-electron chi connectivity index (χ4n) is 0.960. The van der Waals surface area contributed by atoms with Gasteiger partial charge in [-0.3, -0.25) is 0 Å². The van der Waals surface area contributed by atoms with Gasteiger partial charge < -0.3 is 0 Å². The minimum absolute atomic E-state index is 0.272. The summed E-state index contributed by atoms with van der Waals surface area (Å²) >= 11 is 3.48. The molecule has 0 saturated heterocycles. The minimum atomic E-state index is 0.272. The first-order chi connectivity index (χ1) is 5.64. The van der Waals surface area contributed by atoms with E-state index in [9.17, 15) is 0 Å². The van der Waals surface area contributed by atoms with Gasteiger partial charge >= 0.3 is 0 Å². The van der Waals surface area contributed by atoms with Crippen molar-refractivity contribution in [1.29, 1.82) is 0 Å². The highest BCUT2D eigenvalue weighted by Gasteiger charge is 2.16. The Hall–Kier alpha value is -0.440. The lowest BCUT2D eigenvalue weighted by atomic mass is 9.90. The molecule has 0 aliphatic rings. The molecule has 66 valence electrons. The lowest BCUT2D eigenvalue weighted by Crippen LogP contribution is -2.17. The van der Waals surface area contributed by atoms with Crippen LogP contribution >= 0.6 is 15.9 Å². The third-order valence-corrected chi connectivity index (χ3v) is 3.18. The average Bonchev–Trinajstić information content (AvgIpc) is 2.06. The summed E-state index contributed by atoms with van der Waals surface area (Å²) in [6.45, 7) is 4.42. The molecule has 12 heavy (non-hydrogen) atoms. The Morgan fingerprint density at radius 1 is 1.50 bits per heavy atom. The minimum Gasteiger partial charge on any atom is -0.245 e. The van der Waals surface area contributed by atoms with Crippen LogP contribution in [-0.2, 0) is 6.42 Å². The number of alkyl halides is 1. The summed E-state index contributed by atoms with van der Waals surface area (Å²) in [7, 11) is 0. The van der Waals surface area contributed by atoms with E-state index in [4.69, 9.17) is 0 Å². The number of halogens is 1. The van der Waals surface area contributed by atoms with Gasteiger partial charge in [0, 0.05) is 17.2 Å². The van der Waals surface area contributed by atoms with E-state index >= 15 is 0 Å². The van der Waals surface area contributed by atoms with Crippen LogP contribution in [0.2, 0.25) is 0 Å². The Morgan fingerprint density at radius 2 is 2.25 bits per heavy atom. The lowest BCUT2D eigenvalue weighted by molar-refractivity contribution is 0.419. The van der Waals surface area contributed by atoms with Crippen molar-refractivity contribution in [3.63, 3.8) is 0 Å². The number of nitrogens with zero attached hydrogens (tertiary/aromatic N) is 2. The van der Waals surface area contributed by atoms with Crippen molar-refractivity contribution in [2.75, 3.05) is 5.33 Å². The fraction of sp³-hybridized carbons (Fsp3) is 0.556. The van der Waals surface area contributed by atoms with E-state index in [-0.39, 0.29) is 5.41 Å². The summed E-state index contributed by atoms with van der Waals surface area (Å²) in [5.74, 6) is 0. The highest BCUT2D eigenvalue weighted by molar-refractivity contribution is 9.09. The van der Waals surface area contributed by atoms with E-state index in [0.29, 0.717) is 0 Å². The molecule has 3 heteroatoms. The zero-order chi connectivity index (χ0) is 9.03. The van der Waals surface area contributed by atoms with Crippen LogP contribution in [0.25, 0.3) is 0 Å². The van der Waals surface area contributed by atoms with Crippen molar-refractivity contribution >= 4 is 15.9 Å². The summed E-state index contributed by atoms with van der Waals surface area (Å²) < 4.78 is 0. The Morgan fingerprint density at radius 3 is 2.75 bits per heavy atom. The normalized spacial score (nSPS) is 11.6. The summed E-state index contributed by atoms with van der Waals surface area (Å²) in [5.41, 5.74) is 1.38. The van der Waals surface area contributed by atoms with Gasteiger partial charge in [0.2, 0.25) is 0 Å². The number of rotatable bonds is 3. The number of hydrogen-bond donors (Lipinski definition) is 0. The molecule has 1 aromatic heterocycles. The monoisotopic (exact) mass is 228 g/mol. The highest BCUT2D eigenvalue weighted by Crippen LogP contribution is 2.22. The standard InChI is InChI=1S/C9H13BrN2/c1-9(2,6-10)5-8-3-4-11-7-12-8/h3-4,7H,5-6H2,1-2H3. The van der Waals surface area contributed by atoms with Crippen LogP contribution in [0.4, 0.5) is 0 Å². The maximum absolute atomic E-state index is 4.18. The zero-order valence-electron chi connectivity index (χ0n) is 7.42. The van der Waals surface area contributed by atoms with Crippen LogP contribution in [0.5, 0.6) is 0 Å². The molecular formula is C9H13BrN2. The summed E-state index contributed by atoms with van der Waals surface area (Å²) in [6.07, 6.45) is 4.37. The first-order valence-corrected chi connectivity index (χ1v) is 5.07. The first-order valence-electron chi connectivity index (χ1n) is 3.95. The molecule has 1 aromatic rings. The predicted molar refractivity (Wildman–Crippen MR) is 53.3 cm³/mol. The van der Waals surface area contributed by atoms with Gasteiger partial charge in [-0.05, 0) is 17.9 Å². The SMILES string of the molecule is CC(C)(CBr)Cc1ccncn1. The fourth-order valence-corrected chi connectivity index (χ4v) is 1.16. The Bertz CT molecular complexity index is 234. The van der Waals surface area contributed by atoms with E-state index in [0.717, 1.165) is 17.4 Å². The van der Waals surface area contributed by atoms with Crippen molar-refractivity contribution in [3.8, 4) is 0 Å². The van der Waals surface area contributed by atoms with E-state index in [1.165, 1.54) is 0 Å². The van der Waals surface area contributed by atoms with Gasteiger partial charge in [-0.15, -0.1) is 0 Å². The molecule has 0 spiro atoms. The molecule has 1 rings (SSSR count). The van der Waals surface area contributed by atoms with Gasteiger partial charge in [0.25, 0.3) is 0 Å². The molecule has 1 heterocycles. The first kappa shape index (κ1) is 9.65. The molecule has 0 fully saturated rings. The van der Waals surface area contributed by atoms with Gasteiger partial charge in [0.05, 0.1) is 0 Å². The smallest absolute Gasteiger partial charge is 0.115 e. The molecule has 0 unspecified atom stereocenters. The van der Waals surface area contributed by atoms with Crippen LogP contribution in [0.15, 0.2) is 18.6 Å². The Kier molecular flexibility index (Phi) is 3.20. The second-order valence-electron chi connectivity index (χ2n) is 3.68. The van der Waals surface area contributed by atoms with E-state index in [1.54, 1.807) is 12.5 Å². The number of aromatic nitrogens is 2. The van der Waals surface area contributed by atoms with E-state index in [2.05, 4.69) is 39.7 Å². The molecule has 0 aliphatic heterocycles. The zero-order valence-corrected chi connectivity index (χ0v) is 9.00. The Balaban J connectivity index is 2.64. The lowest BCUT2D eigenvalue weighted by Gasteiger charge is -2.20. The van der Waals surface area contributed by atoms with Crippen LogP contribution in [0.3, 0.4) is 0 Å². The third kappa shape index (κ3) is 2.89.